The number of thiol groups is 1. The molecular formula is C10H15NOS. The maximum atomic E-state index is 11.4. The van der Waals surface area contributed by atoms with Crippen LogP contribution in [0.4, 0.5) is 0 Å². The molecule has 0 bridgehead atoms. The average molecular weight is 197 g/mol. The lowest BCUT2D eigenvalue weighted by Gasteiger charge is -2.22. The zero-order valence-electron chi connectivity index (χ0n) is 8.03. The highest BCUT2D eigenvalue weighted by molar-refractivity contribution is 7.80. The Bertz CT molecular complexity index is 330. The van der Waals surface area contributed by atoms with Crippen LogP contribution in [0, 0.1) is 5.41 Å². The second-order valence-electron chi connectivity index (χ2n) is 3.99. The number of aromatic nitrogens is 1. The van der Waals surface area contributed by atoms with E-state index in [1.165, 1.54) is 0 Å². The van der Waals surface area contributed by atoms with E-state index in [1.807, 2.05) is 12.3 Å². The largest absolute Gasteiger partial charge is 0.315 e. The zero-order chi connectivity index (χ0) is 9.90. The van der Waals surface area contributed by atoms with Gasteiger partial charge in [-0.1, -0.05) is 19.9 Å². The van der Waals surface area contributed by atoms with Gasteiger partial charge >= 0.3 is 0 Å². The third kappa shape index (κ3) is 2.92. The van der Waals surface area contributed by atoms with E-state index in [4.69, 9.17) is 0 Å². The van der Waals surface area contributed by atoms with Crippen LogP contribution in [0.3, 0.4) is 0 Å². The fraction of sp³-hybridized carbons (Fsp3) is 0.500. The van der Waals surface area contributed by atoms with Crippen LogP contribution >= 0.6 is 12.6 Å². The van der Waals surface area contributed by atoms with Crippen LogP contribution in [-0.4, -0.2) is 10.3 Å². The van der Waals surface area contributed by atoms with Gasteiger partial charge in [-0.3, -0.25) is 4.79 Å². The van der Waals surface area contributed by atoms with Gasteiger partial charge in [-0.05, 0) is 17.2 Å². The van der Waals surface area contributed by atoms with E-state index in [0.29, 0.717) is 0 Å². The van der Waals surface area contributed by atoms with Gasteiger partial charge in [0.25, 0.3) is 5.56 Å². The predicted molar refractivity (Wildman–Crippen MR) is 58.3 cm³/mol. The zero-order valence-corrected chi connectivity index (χ0v) is 8.92. The Hall–Kier alpha value is -0.700. The molecule has 0 fully saturated rings. The van der Waals surface area contributed by atoms with Crippen molar-refractivity contribution in [2.24, 2.45) is 5.41 Å². The predicted octanol–water partition coefficient (Wildman–Crippen LogP) is 1.80. The van der Waals surface area contributed by atoms with Crippen molar-refractivity contribution in [1.29, 1.82) is 0 Å². The summed E-state index contributed by atoms with van der Waals surface area (Å²) in [5.74, 6) is 0.772. The molecule has 0 aromatic carbocycles. The van der Waals surface area contributed by atoms with Crippen LogP contribution in [0.1, 0.15) is 13.8 Å². The van der Waals surface area contributed by atoms with E-state index in [0.717, 1.165) is 12.3 Å². The van der Waals surface area contributed by atoms with Gasteiger partial charge in [0.05, 0.1) is 0 Å². The molecule has 0 aliphatic carbocycles. The van der Waals surface area contributed by atoms with Gasteiger partial charge in [0, 0.05) is 18.8 Å². The first kappa shape index (κ1) is 10.4. The molecule has 0 N–H and O–H groups in total. The summed E-state index contributed by atoms with van der Waals surface area (Å²) in [4.78, 5) is 11.4. The van der Waals surface area contributed by atoms with E-state index in [-0.39, 0.29) is 11.0 Å². The normalized spacial score (nSPS) is 11.6. The molecule has 72 valence electrons. The smallest absolute Gasteiger partial charge is 0.250 e. The highest BCUT2D eigenvalue weighted by Gasteiger charge is 2.16. The minimum Gasteiger partial charge on any atom is -0.315 e. The monoisotopic (exact) mass is 197 g/mol. The summed E-state index contributed by atoms with van der Waals surface area (Å²) < 4.78 is 1.72. The summed E-state index contributed by atoms with van der Waals surface area (Å²) in [5.41, 5.74) is 0.117. The van der Waals surface area contributed by atoms with Crippen molar-refractivity contribution < 1.29 is 0 Å². The molecule has 0 atom stereocenters. The molecule has 0 amide bonds. The third-order valence-corrected chi connectivity index (χ3v) is 2.78. The topological polar surface area (TPSA) is 22.0 Å². The maximum Gasteiger partial charge on any atom is 0.250 e. The van der Waals surface area contributed by atoms with Crippen molar-refractivity contribution in [3.8, 4) is 0 Å². The lowest BCUT2D eigenvalue weighted by atomic mass is 9.96. The average Bonchev–Trinajstić information content (AvgIpc) is 2.09. The first-order chi connectivity index (χ1) is 6.05. The molecule has 0 spiro atoms. The Morgan fingerprint density at radius 3 is 2.69 bits per heavy atom. The van der Waals surface area contributed by atoms with Crippen LogP contribution in [0.2, 0.25) is 0 Å². The molecule has 3 heteroatoms. The van der Waals surface area contributed by atoms with E-state index >= 15 is 0 Å². The molecule has 0 saturated carbocycles. The number of nitrogens with zero attached hydrogens (tertiary/aromatic N) is 1. The number of rotatable bonds is 3. The van der Waals surface area contributed by atoms with Crippen LogP contribution in [0.15, 0.2) is 29.2 Å². The minimum atomic E-state index is 0.0531. The highest BCUT2D eigenvalue weighted by Crippen LogP contribution is 2.18. The van der Waals surface area contributed by atoms with Crippen LogP contribution < -0.4 is 5.56 Å². The summed E-state index contributed by atoms with van der Waals surface area (Å²) in [6.07, 6.45) is 1.81. The van der Waals surface area contributed by atoms with Crippen LogP contribution in [0.5, 0.6) is 0 Å². The fourth-order valence-electron chi connectivity index (χ4n) is 1.10. The molecule has 1 rings (SSSR count). The molecule has 2 nitrogen and oxygen atoms in total. The van der Waals surface area contributed by atoms with Crippen molar-refractivity contribution in [3.05, 3.63) is 34.7 Å². The minimum absolute atomic E-state index is 0.0531. The summed E-state index contributed by atoms with van der Waals surface area (Å²) in [6, 6.07) is 5.21. The van der Waals surface area contributed by atoms with Gasteiger partial charge in [0.2, 0.25) is 0 Å². The van der Waals surface area contributed by atoms with Gasteiger partial charge in [-0.2, -0.15) is 12.6 Å². The molecule has 0 unspecified atom stereocenters. The van der Waals surface area contributed by atoms with Crippen molar-refractivity contribution >= 4 is 12.6 Å². The molecule has 0 saturated heterocycles. The summed E-state index contributed by atoms with van der Waals surface area (Å²) in [6.45, 7) is 4.91. The van der Waals surface area contributed by atoms with Gasteiger partial charge in [-0.15, -0.1) is 0 Å². The van der Waals surface area contributed by atoms with E-state index in [9.17, 15) is 4.79 Å². The Morgan fingerprint density at radius 2 is 2.15 bits per heavy atom. The van der Waals surface area contributed by atoms with E-state index in [2.05, 4.69) is 26.5 Å². The van der Waals surface area contributed by atoms with E-state index < -0.39 is 0 Å². The molecular weight excluding hydrogens is 182 g/mol. The number of hydrogen-bond acceptors (Lipinski definition) is 2. The highest BCUT2D eigenvalue weighted by atomic mass is 32.1. The molecule has 0 aliphatic heterocycles. The van der Waals surface area contributed by atoms with Gasteiger partial charge < -0.3 is 4.57 Å². The quantitative estimate of drug-likeness (QED) is 0.733. The van der Waals surface area contributed by atoms with Crippen LogP contribution in [-0.2, 0) is 6.54 Å². The Morgan fingerprint density at radius 1 is 1.46 bits per heavy atom. The number of pyridine rings is 1. The second kappa shape index (κ2) is 4.01. The fourth-order valence-corrected chi connectivity index (χ4v) is 1.20. The molecule has 1 aromatic rings. The van der Waals surface area contributed by atoms with E-state index in [1.54, 1.807) is 16.7 Å². The first-order valence-corrected chi connectivity index (χ1v) is 4.95. The standard InChI is InChI=1S/C10H15NOS/c1-10(2,8-13)7-11-6-4-3-5-9(11)12/h3-6,13H,7-8H2,1-2H3. The van der Waals surface area contributed by atoms with Crippen molar-refractivity contribution in [2.75, 3.05) is 5.75 Å². The molecule has 13 heavy (non-hydrogen) atoms. The lowest BCUT2D eigenvalue weighted by molar-refractivity contribution is 0.347. The summed E-state index contributed by atoms with van der Waals surface area (Å²) in [7, 11) is 0. The molecule has 0 radical (unpaired) electrons. The van der Waals surface area contributed by atoms with Gasteiger partial charge in [0.1, 0.15) is 0 Å². The van der Waals surface area contributed by atoms with Crippen LogP contribution in [0.25, 0.3) is 0 Å². The third-order valence-electron chi connectivity index (χ3n) is 1.93. The van der Waals surface area contributed by atoms with Gasteiger partial charge in [0.15, 0.2) is 0 Å². The SMILES string of the molecule is CC(C)(CS)Cn1ccccc1=O. The Kier molecular flexibility index (Phi) is 3.20. The molecule has 0 aliphatic rings. The van der Waals surface area contributed by atoms with Crippen molar-refractivity contribution in [2.45, 2.75) is 20.4 Å². The van der Waals surface area contributed by atoms with Gasteiger partial charge in [-0.25, -0.2) is 0 Å². The van der Waals surface area contributed by atoms with Crippen molar-refractivity contribution in [1.82, 2.24) is 4.57 Å². The maximum absolute atomic E-state index is 11.4. The van der Waals surface area contributed by atoms with Crippen molar-refractivity contribution in [3.63, 3.8) is 0 Å². The first-order valence-electron chi connectivity index (χ1n) is 4.31. The Labute approximate surface area is 84.0 Å². The Balaban J connectivity index is 2.87. The number of hydrogen-bond donors (Lipinski definition) is 1. The lowest BCUT2D eigenvalue weighted by Crippen LogP contribution is -2.28. The summed E-state index contributed by atoms with van der Waals surface area (Å²) >= 11 is 4.25. The molecule has 1 aromatic heterocycles. The second-order valence-corrected chi connectivity index (χ2v) is 4.31. The summed E-state index contributed by atoms with van der Waals surface area (Å²) in [5, 5.41) is 0. The molecule has 1 heterocycles.